The van der Waals surface area contributed by atoms with E-state index in [1.165, 1.54) is 17.9 Å². The zero-order valence-electron chi connectivity index (χ0n) is 12.8. The van der Waals surface area contributed by atoms with Crippen molar-refractivity contribution in [3.05, 3.63) is 29.8 Å². The summed E-state index contributed by atoms with van der Waals surface area (Å²) in [5, 5.41) is 0. The van der Waals surface area contributed by atoms with E-state index in [-0.39, 0.29) is 16.8 Å². The maximum atomic E-state index is 12.3. The third kappa shape index (κ3) is 4.52. The van der Waals surface area contributed by atoms with Gasteiger partial charge in [-0.05, 0) is 31.0 Å². The van der Waals surface area contributed by atoms with Gasteiger partial charge >= 0.3 is 0 Å². The summed E-state index contributed by atoms with van der Waals surface area (Å²) in [7, 11) is -0.601. The molecule has 1 aromatic carbocycles. The van der Waals surface area contributed by atoms with Crippen LogP contribution < -0.4 is 10.5 Å². The Morgan fingerprint density at radius 3 is 2.52 bits per heavy atom. The average molecular weight is 313 g/mol. The second-order valence-corrected chi connectivity index (χ2v) is 6.88. The summed E-state index contributed by atoms with van der Waals surface area (Å²) in [5.41, 5.74) is 6.68. The number of likely N-dealkylation sites (N-methyl/N-ethyl adjacent to an activating group) is 1. The minimum absolute atomic E-state index is 0.113. The van der Waals surface area contributed by atoms with Crippen LogP contribution in [0.1, 0.15) is 31.9 Å². The molecule has 118 valence electrons. The van der Waals surface area contributed by atoms with Crippen LogP contribution in [0.4, 0.5) is 0 Å². The second-order valence-electron chi connectivity index (χ2n) is 5.16. The molecule has 3 N–H and O–H groups in total. The monoisotopic (exact) mass is 313 g/mol. The number of sulfonamides is 1. The van der Waals surface area contributed by atoms with E-state index < -0.39 is 16.1 Å². The van der Waals surface area contributed by atoms with Crippen molar-refractivity contribution < 1.29 is 13.2 Å². The standard InChI is InChI=1S/C14H23N3O3S/c1-5-13(15)11-7-6-8-12(9-11)21(19,20)16-10(2)14(18)17(3)4/h6-10,13,16H,5,15H2,1-4H3. The maximum absolute atomic E-state index is 12.3. The van der Waals surface area contributed by atoms with Crippen LogP contribution in [0.2, 0.25) is 0 Å². The number of hydrogen-bond donors (Lipinski definition) is 2. The Kier molecular flexibility index (Phi) is 5.88. The van der Waals surface area contributed by atoms with Gasteiger partial charge in [0, 0.05) is 20.1 Å². The highest BCUT2D eigenvalue weighted by molar-refractivity contribution is 7.89. The molecule has 6 nitrogen and oxygen atoms in total. The average Bonchev–Trinajstić information content (AvgIpc) is 2.45. The third-order valence-electron chi connectivity index (χ3n) is 3.18. The van der Waals surface area contributed by atoms with Crippen molar-refractivity contribution in [3.63, 3.8) is 0 Å². The zero-order valence-corrected chi connectivity index (χ0v) is 13.6. The van der Waals surface area contributed by atoms with Crippen molar-refractivity contribution >= 4 is 15.9 Å². The molecular weight excluding hydrogens is 290 g/mol. The normalized spacial score (nSPS) is 14.5. The minimum atomic E-state index is -3.76. The first-order valence-corrected chi connectivity index (χ1v) is 8.26. The van der Waals surface area contributed by atoms with Crippen molar-refractivity contribution in [2.24, 2.45) is 5.73 Å². The number of nitrogens with two attached hydrogens (primary N) is 1. The number of carbonyl (C=O) groups excluding carboxylic acids is 1. The Morgan fingerprint density at radius 1 is 1.38 bits per heavy atom. The second kappa shape index (κ2) is 7.02. The summed E-state index contributed by atoms with van der Waals surface area (Å²) in [6.07, 6.45) is 0.715. The Hall–Kier alpha value is -1.44. The van der Waals surface area contributed by atoms with Gasteiger partial charge in [0.15, 0.2) is 0 Å². The number of amides is 1. The SMILES string of the molecule is CCC(N)c1cccc(S(=O)(=O)NC(C)C(=O)N(C)C)c1. The molecule has 0 aliphatic carbocycles. The Labute approximate surface area is 126 Å². The first kappa shape index (κ1) is 17.6. The third-order valence-corrected chi connectivity index (χ3v) is 4.72. The molecule has 0 saturated heterocycles. The first-order valence-electron chi connectivity index (χ1n) is 6.78. The highest BCUT2D eigenvalue weighted by Crippen LogP contribution is 2.18. The lowest BCUT2D eigenvalue weighted by Gasteiger charge is -2.18. The van der Waals surface area contributed by atoms with Gasteiger partial charge in [0.2, 0.25) is 15.9 Å². The van der Waals surface area contributed by atoms with E-state index in [0.717, 1.165) is 5.56 Å². The molecule has 2 unspecified atom stereocenters. The number of nitrogens with one attached hydrogen (secondary N) is 1. The number of hydrogen-bond acceptors (Lipinski definition) is 4. The molecule has 0 fully saturated rings. The molecule has 0 bridgehead atoms. The van der Waals surface area contributed by atoms with Crippen LogP contribution in [-0.4, -0.2) is 39.4 Å². The topological polar surface area (TPSA) is 92.5 Å². The molecule has 0 aliphatic heterocycles. The van der Waals surface area contributed by atoms with E-state index in [1.54, 1.807) is 32.3 Å². The van der Waals surface area contributed by atoms with E-state index in [2.05, 4.69) is 4.72 Å². The van der Waals surface area contributed by atoms with Gasteiger partial charge < -0.3 is 10.6 Å². The zero-order chi connectivity index (χ0) is 16.2. The Morgan fingerprint density at radius 2 is 2.00 bits per heavy atom. The number of rotatable bonds is 6. The molecule has 7 heteroatoms. The van der Waals surface area contributed by atoms with Crippen LogP contribution in [0.25, 0.3) is 0 Å². The Balaban J connectivity index is 3.01. The van der Waals surface area contributed by atoms with Gasteiger partial charge in [-0.2, -0.15) is 4.72 Å². The van der Waals surface area contributed by atoms with Gasteiger partial charge in [0.25, 0.3) is 0 Å². The van der Waals surface area contributed by atoms with Crippen LogP contribution in [0.5, 0.6) is 0 Å². The van der Waals surface area contributed by atoms with Gasteiger partial charge in [0.1, 0.15) is 0 Å². The number of benzene rings is 1. The molecule has 0 heterocycles. The molecule has 0 radical (unpaired) electrons. The number of nitrogens with zero attached hydrogens (tertiary/aromatic N) is 1. The summed E-state index contributed by atoms with van der Waals surface area (Å²) in [6, 6.07) is 5.44. The molecule has 21 heavy (non-hydrogen) atoms. The van der Waals surface area contributed by atoms with Crippen LogP contribution in [0.15, 0.2) is 29.2 Å². The van der Waals surface area contributed by atoms with E-state index >= 15 is 0 Å². The van der Waals surface area contributed by atoms with Gasteiger partial charge in [-0.3, -0.25) is 4.79 Å². The van der Waals surface area contributed by atoms with Crippen LogP contribution in [-0.2, 0) is 14.8 Å². The fourth-order valence-electron chi connectivity index (χ4n) is 1.89. The van der Waals surface area contributed by atoms with Crippen molar-refractivity contribution in [1.29, 1.82) is 0 Å². The summed E-state index contributed by atoms with van der Waals surface area (Å²) in [5.74, 6) is -0.306. The van der Waals surface area contributed by atoms with Crippen LogP contribution in [0, 0.1) is 0 Å². The van der Waals surface area contributed by atoms with E-state index in [9.17, 15) is 13.2 Å². The highest BCUT2D eigenvalue weighted by Gasteiger charge is 2.23. The molecule has 1 amide bonds. The maximum Gasteiger partial charge on any atom is 0.241 e. The molecule has 0 saturated carbocycles. The summed E-state index contributed by atoms with van der Waals surface area (Å²) < 4.78 is 27.0. The van der Waals surface area contributed by atoms with Gasteiger partial charge in [-0.25, -0.2) is 8.42 Å². The van der Waals surface area contributed by atoms with Gasteiger partial charge in [-0.1, -0.05) is 19.1 Å². The van der Waals surface area contributed by atoms with Crippen molar-refractivity contribution in [2.45, 2.75) is 37.2 Å². The molecule has 1 rings (SSSR count). The van der Waals surface area contributed by atoms with Crippen molar-refractivity contribution in [1.82, 2.24) is 9.62 Å². The molecule has 0 spiro atoms. The fraction of sp³-hybridized carbons (Fsp3) is 0.500. The smallest absolute Gasteiger partial charge is 0.241 e. The lowest BCUT2D eigenvalue weighted by molar-refractivity contribution is -0.130. The lowest BCUT2D eigenvalue weighted by atomic mass is 10.1. The molecule has 0 aliphatic rings. The largest absolute Gasteiger partial charge is 0.347 e. The van der Waals surface area contributed by atoms with E-state index in [4.69, 9.17) is 5.73 Å². The molecule has 0 aromatic heterocycles. The predicted molar refractivity (Wildman–Crippen MR) is 82.1 cm³/mol. The summed E-state index contributed by atoms with van der Waals surface area (Å²) in [6.45, 7) is 3.45. The summed E-state index contributed by atoms with van der Waals surface area (Å²) >= 11 is 0. The number of carbonyl (C=O) groups is 1. The van der Waals surface area contributed by atoms with Gasteiger partial charge in [-0.15, -0.1) is 0 Å². The van der Waals surface area contributed by atoms with Crippen molar-refractivity contribution in [3.8, 4) is 0 Å². The first-order chi connectivity index (χ1) is 9.69. The van der Waals surface area contributed by atoms with E-state index in [1.807, 2.05) is 6.92 Å². The van der Waals surface area contributed by atoms with Crippen LogP contribution >= 0.6 is 0 Å². The predicted octanol–water partition coefficient (Wildman–Crippen LogP) is 0.851. The van der Waals surface area contributed by atoms with E-state index in [0.29, 0.717) is 6.42 Å². The fourth-order valence-corrected chi connectivity index (χ4v) is 3.14. The molecule has 1 aromatic rings. The Bertz CT molecular complexity index is 599. The van der Waals surface area contributed by atoms with Crippen molar-refractivity contribution in [2.75, 3.05) is 14.1 Å². The minimum Gasteiger partial charge on any atom is -0.347 e. The quantitative estimate of drug-likeness (QED) is 0.814. The lowest BCUT2D eigenvalue weighted by Crippen LogP contribution is -2.44. The van der Waals surface area contributed by atoms with Gasteiger partial charge in [0.05, 0.1) is 10.9 Å². The van der Waals surface area contributed by atoms with Crippen LogP contribution in [0.3, 0.4) is 0 Å². The summed E-state index contributed by atoms with van der Waals surface area (Å²) in [4.78, 5) is 13.2. The highest BCUT2D eigenvalue weighted by atomic mass is 32.2. The molecular formula is C14H23N3O3S. The molecule has 2 atom stereocenters.